The topological polar surface area (TPSA) is 66.5 Å². The van der Waals surface area contributed by atoms with Crippen molar-refractivity contribution in [2.75, 3.05) is 23.7 Å². The molecule has 0 fully saturated rings. The highest BCUT2D eigenvalue weighted by Crippen LogP contribution is 2.28. The summed E-state index contributed by atoms with van der Waals surface area (Å²) in [7, 11) is -3.57. The molecule has 2 aromatic rings. The van der Waals surface area contributed by atoms with E-state index in [2.05, 4.69) is 17.4 Å². The fourth-order valence-corrected chi connectivity index (χ4v) is 4.25. The molecular formula is C21H28N2O3S. The molecule has 0 saturated heterocycles. The van der Waals surface area contributed by atoms with Gasteiger partial charge in [0.2, 0.25) is 15.9 Å². The van der Waals surface area contributed by atoms with Crippen LogP contribution in [0, 0.1) is 20.8 Å². The minimum absolute atomic E-state index is 0.213. The van der Waals surface area contributed by atoms with Gasteiger partial charge in [-0.3, -0.25) is 9.10 Å². The third-order valence-corrected chi connectivity index (χ3v) is 5.49. The number of nitrogens with zero attached hydrogens (tertiary/aromatic N) is 1. The van der Waals surface area contributed by atoms with Crippen LogP contribution in [0.5, 0.6) is 0 Å². The second-order valence-corrected chi connectivity index (χ2v) is 8.86. The molecule has 0 radical (unpaired) electrons. The molecule has 27 heavy (non-hydrogen) atoms. The first kappa shape index (κ1) is 21.0. The smallest absolute Gasteiger partial charge is 0.240 e. The van der Waals surface area contributed by atoms with Crippen LogP contribution in [0.1, 0.15) is 28.7 Å². The van der Waals surface area contributed by atoms with Crippen molar-refractivity contribution in [2.45, 2.75) is 33.6 Å². The van der Waals surface area contributed by atoms with Gasteiger partial charge in [0, 0.05) is 6.54 Å². The van der Waals surface area contributed by atoms with E-state index in [-0.39, 0.29) is 12.5 Å². The molecule has 0 saturated carbocycles. The van der Waals surface area contributed by atoms with Gasteiger partial charge in [-0.15, -0.1) is 0 Å². The zero-order valence-corrected chi connectivity index (χ0v) is 17.3. The van der Waals surface area contributed by atoms with E-state index in [1.54, 1.807) is 0 Å². The summed E-state index contributed by atoms with van der Waals surface area (Å²) in [5, 5.41) is 2.83. The number of hydrogen-bond acceptors (Lipinski definition) is 3. The molecule has 0 atom stereocenters. The largest absolute Gasteiger partial charge is 0.355 e. The summed E-state index contributed by atoms with van der Waals surface area (Å²) >= 11 is 0. The number of sulfonamides is 1. The fourth-order valence-electron chi connectivity index (χ4n) is 3.28. The Bertz CT molecular complexity index is 870. The Kier molecular flexibility index (Phi) is 7.02. The molecule has 5 nitrogen and oxygen atoms in total. The first-order valence-corrected chi connectivity index (χ1v) is 10.9. The summed E-state index contributed by atoms with van der Waals surface area (Å²) in [4.78, 5) is 12.4. The van der Waals surface area contributed by atoms with E-state index in [9.17, 15) is 13.2 Å². The minimum Gasteiger partial charge on any atom is -0.355 e. The molecule has 2 rings (SSSR count). The predicted molar refractivity (Wildman–Crippen MR) is 111 cm³/mol. The van der Waals surface area contributed by atoms with Crippen molar-refractivity contribution >= 4 is 21.6 Å². The number of nitrogens with one attached hydrogen (secondary N) is 1. The first-order valence-electron chi connectivity index (χ1n) is 9.04. The Morgan fingerprint density at radius 2 is 1.63 bits per heavy atom. The van der Waals surface area contributed by atoms with Gasteiger partial charge >= 0.3 is 0 Å². The predicted octanol–water partition coefficient (Wildman–Crippen LogP) is 3.13. The monoisotopic (exact) mass is 388 g/mol. The second-order valence-electron chi connectivity index (χ2n) is 6.96. The molecule has 0 unspecified atom stereocenters. The third-order valence-electron chi connectivity index (χ3n) is 4.38. The zero-order chi connectivity index (χ0) is 20.0. The van der Waals surface area contributed by atoms with Crippen molar-refractivity contribution in [1.82, 2.24) is 5.32 Å². The summed E-state index contributed by atoms with van der Waals surface area (Å²) in [5.41, 5.74) is 4.55. The SMILES string of the molecule is Cc1cc(C)c(N(CC(=O)NCCCc2ccccc2)S(C)(=O)=O)c(C)c1. The van der Waals surface area contributed by atoms with Crippen LogP contribution < -0.4 is 9.62 Å². The lowest BCUT2D eigenvalue weighted by Crippen LogP contribution is -2.41. The highest BCUT2D eigenvalue weighted by molar-refractivity contribution is 7.92. The van der Waals surface area contributed by atoms with Crippen LogP contribution in [-0.2, 0) is 21.2 Å². The quantitative estimate of drug-likeness (QED) is 0.707. The molecule has 0 heterocycles. The Morgan fingerprint density at radius 3 is 2.19 bits per heavy atom. The van der Waals surface area contributed by atoms with Crippen LogP contribution in [0.2, 0.25) is 0 Å². The van der Waals surface area contributed by atoms with Gasteiger partial charge in [-0.2, -0.15) is 0 Å². The van der Waals surface area contributed by atoms with Crippen LogP contribution in [0.15, 0.2) is 42.5 Å². The first-order chi connectivity index (χ1) is 12.7. The molecule has 1 N–H and O–H groups in total. The highest BCUT2D eigenvalue weighted by atomic mass is 32.2. The molecule has 1 amide bonds. The van der Waals surface area contributed by atoms with Crippen molar-refractivity contribution in [3.63, 3.8) is 0 Å². The number of aryl methyl sites for hydroxylation is 4. The second kappa shape index (κ2) is 9.04. The van der Waals surface area contributed by atoms with Crippen LogP contribution in [0.25, 0.3) is 0 Å². The summed E-state index contributed by atoms with van der Waals surface area (Å²) in [5.74, 6) is -0.298. The number of anilines is 1. The van der Waals surface area contributed by atoms with E-state index in [0.29, 0.717) is 12.2 Å². The van der Waals surface area contributed by atoms with Crippen molar-refractivity contribution in [3.8, 4) is 0 Å². The minimum atomic E-state index is -3.57. The van der Waals surface area contributed by atoms with E-state index < -0.39 is 10.0 Å². The average molecular weight is 389 g/mol. The molecule has 0 bridgehead atoms. The summed E-state index contributed by atoms with van der Waals surface area (Å²) in [6.07, 6.45) is 2.80. The summed E-state index contributed by atoms with van der Waals surface area (Å²) < 4.78 is 25.8. The summed E-state index contributed by atoms with van der Waals surface area (Å²) in [6.45, 7) is 6.00. The number of benzene rings is 2. The Balaban J connectivity index is 2.01. The highest BCUT2D eigenvalue weighted by Gasteiger charge is 2.24. The Hall–Kier alpha value is -2.34. The van der Waals surface area contributed by atoms with E-state index in [4.69, 9.17) is 0 Å². The Labute approximate surface area is 162 Å². The van der Waals surface area contributed by atoms with Crippen LogP contribution in [0.4, 0.5) is 5.69 Å². The average Bonchev–Trinajstić information content (AvgIpc) is 2.57. The molecule has 0 aliphatic carbocycles. The van der Waals surface area contributed by atoms with Crippen LogP contribution in [-0.4, -0.2) is 33.7 Å². The number of rotatable bonds is 8. The van der Waals surface area contributed by atoms with E-state index >= 15 is 0 Å². The standard InChI is InChI=1S/C21H28N2O3S/c1-16-13-17(2)21(18(3)14-16)23(27(4,25)26)15-20(24)22-12-8-11-19-9-6-5-7-10-19/h5-7,9-10,13-14H,8,11-12,15H2,1-4H3,(H,22,24). The normalized spacial score (nSPS) is 11.3. The molecule has 146 valence electrons. The number of amides is 1. The molecule has 6 heteroatoms. The van der Waals surface area contributed by atoms with Crippen molar-refractivity contribution in [1.29, 1.82) is 0 Å². The maximum atomic E-state index is 12.4. The van der Waals surface area contributed by atoms with Gasteiger partial charge in [-0.05, 0) is 50.3 Å². The molecular weight excluding hydrogens is 360 g/mol. The lowest BCUT2D eigenvalue weighted by molar-refractivity contribution is -0.119. The molecule has 0 aromatic heterocycles. The maximum absolute atomic E-state index is 12.4. The van der Waals surface area contributed by atoms with Gasteiger partial charge in [0.15, 0.2) is 0 Å². The van der Waals surface area contributed by atoms with E-state index in [0.717, 1.165) is 35.8 Å². The van der Waals surface area contributed by atoms with Crippen LogP contribution in [0.3, 0.4) is 0 Å². The molecule has 2 aromatic carbocycles. The van der Waals surface area contributed by atoms with Gasteiger partial charge in [-0.25, -0.2) is 8.42 Å². The number of hydrogen-bond donors (Lipinski definition) is 1. The number of carbonyl (C=O) groups is 1. The zero-order valence-electron chi connectivity index (χ0n) is 16.5. The third kappa shape index (κ3) is 6.10. The summed E-state index contributed by atoms with van der Waals surface area (Å²) in [6, 6.07) is 13.9. The van der Waals surface area contributed by atoms with Gasteiger partial charge in [0.1, 0.15) is 6.54 Å². The molecule has 0 aliphatic heterocycles. The lowest BCUT2D eigenvalue weighted by Gasteiger charge is -2.26. The molecule has 0 spiro atoms. The van der Waals surface area contributed by atoms with Gasteiger partial charge in [-0.1, -0.05) is 48.0 Å². The van der Waals surface area contributed by atoms with Gasteiger partial charge in [0.25, 0.3) is 0 Å². The maximum Gasteiger partial charge on any atom is 0.240 e. The number of carbonyl (C=O) groups excluding carboxylic acids is 1. The Morgan fingerprint density at radius 1 is 1.04 bits per heavy atom. The fraction of sp³-hybridized carbons (Fsp3) is 0.381. The van der Waals surface area contributed by atoms with Crippen LogP contribution >= 0.6 is 0 Å². The molecule has 0 aliphatic rings. The van der Waals surface area contributed by atoms with E-state index in [1.807, 2.05) is 51.1 Å². The lowest BCUT2D eigenvalue weighted by atomic mass is 10.1. The van der Waals surface area contributed by atoms with E-state index in [1.165, 1.54) is 9.87 Å². The van der Waals surface area contributed by atoms with Crippen molar-refractivity contribution < 1.29 is 13.2 Å². The van der Waals surface area contributed by atoms with Gasteiger partial charge < -0.3 is 5.32 Å². The van der Waals surface area contributed by atoms with Crippen molar-refractivity contribution in [3.05, 3.63) is 64.7 Å². The van der Waals surface area contributed by atoms with Crippen molar-refractivity contribution in [2.24, 2.45) is 0 Å². The van der Waals surface area contributed by atoms with Gasteiger partial charge in [0.05, 0.1) is 11.9 Å².